The Morgan fingerprint density at radius 3 is 2.74 bits per heavy atom. The Morgan fingerprint density at radius 1 is 1.17 bits per heavy atom. The molecule has 3 aromatic heterocycles. The van der Waals surface area contributed by atoms with Crippen molar-refractivity contribution in [3.63, 3.8) is 0 Å². The Morgan fingerprint density at radius 2 is 2.00 bits per heavy atom. The van der Waals surface area contributed by atoms with Crippen molar-refractivity contribution in [3.8, 4) is 17.3 Å². The Labute approximate surface area is 197 Å². The second kappa shape index (κ2) is 7.85. The smallest absolute Gasteiger partial charge is 0.408 e. The molecule has 7 nitrogen and oxygen atoms in total. The molecule has 6 rings (SSSR count). The quantitative estimate of drug-likeness (QED) is 0.440. The van der Waals surface area contributed by atoms with Crippen molar-refractivity contribution in [1.29, 1.82) is 0 Å². The molecule has 2 aliphatic rings. The minimum Gasteiger partial charge on any atom is -0.490 e. The summed E-state index contributed by atoms with van der Waals surface area (Å²) in [7, 11) is 0. The van der Waals surface area contributed by atoms with Crippen LogP contribution in [0.3, 0.4) is 0 Å². The molecule has 1 unspecified atom stereocenters. The molecule has 0 aliphatic carbocycles. The van der Waals surface area contributed by atoms with Gasteiger partial charge in [0.2, 0.25) is 0 Å². The summed E-state index contributed by atoms with van der Waals surface area (Å²) in [5.41, 5.74) is 7.54. The van der Waals surface area contributed by atoms with Crippen LogP contribution in [-0.2, 0) is 6.42 Å². The third-order valence-electron chi connectivity index (χ3n) is 6.71. The zero-order valence-corrected chi connectivity index (χ0v) is 18.8. The van der Waals surface area contributed by atoms with Gasteiger partial charge in [0.05, 0.1) is 5.52 Å². The number of benzene rings is 1. The van der Waals surface area contributed by atoms with E-state index in [9.17, 15) is 13.2 Å². The molecule has 2 N–H and O–H groups in total. The summed E-state index contributed by atoms with van der Waals surface area (Å²) in [5, 5.41) is 8.73. The minimum atomic E-state index is -4.52. The highest BCUT2D eigenvalue weighted by atomic mass is 19.4. The highest BCUT2D eigenvalue weighted by Gasteiger charge is 2.46. The van der Waals surface area contributed by atoms with Crippen LogP contribution in [-0.4, -0.2) is 55.9 Å². The zero-order valence-electron chi connectivity index (χ0n) is 18.8. The highest BCUT2D eigenvalue weighted by Crippen LogP contribution is 2.40. The van der Waals surface area contributed by atoms with Crippen LogP contribution in [0.25, 0.3) is 28.1 Å². The van der Waals surface area contributed by atoms with E-state index in [4.69, 9.17) is 10.5 Å². The van der Waals surface area contributed by atoms with Crippen molar-refractivity contribution < 1.29 is 22.3 Å². The fourth-order valence-electron chi connectivity index (χ4n) is 5.15. The van der Waals surface area contributed by atoms with Crippen LogP contribution in [0.4, 0.5) is 17.6 Å². The number of hydrogen-bond acceptors (Lipinski definition) is 6. The first-order valence-electron chi connectivity index (χ1n) is 11.4. The van der Waals surface area contributed by atoms with Crippen LogP contribution in [0.1, 0.15) is 30.5 Å². The molecule has 35 heavy (non-hydrogen) atoms. The van der Waals surface area contributed by atoms with Crippen LogP contribution < -0.4 is 10.5 Å². The summed E-state index contributed by atoms with van der Waals surface area (Å²) in [6.07, 6.45) is -2.11. The van der Waals surface area contributed by atoms with Gasteiger partial charge in [-0.2, -0.15) is 13.2 Å². The number of halogens is 4. The maximum atomic E-state index is 15.2. The van der Waals surface area contributed by atoms with Crippen molar-refractivity contribution in [2.45, 2.75) is 44.1 Å². The number of aromatic nitrogens is 4. The summed E-state index contributed by atoms with van der Waals surface area (Å²) in [4.78, 5) is 5.89. The average Bonchev–Trinajstić information content (AvgIpc) is 3.50. The van der Waals surface area contributed by atoms with E-state index >= 15 is 4.39 Å². The molecule has 182 valence electrons. The number of nitrogens with zero attached hydrogens (tertiary/aromatic N) is 5. The number of likely N-dealkylation sites (tertiary alicyclic amines) is 1. The molecular formula is C24H22F4N6O. The Kier molecular flexibility index (Phi) is 4.98. The van der Waals surface area contributed by atoms with Gasteiger partial charge in [-0.25, -0.2) is 9.37 Å². The summed E-state index contributed by atoms with van der Waals surface area (Å²) >= 11 is 0. The van der Waals surface area contributed by atoms with Crippen LogP contribution in [0.5, 0.6) is 5.75 Å². The Bertz CT molecular complexity index is 1450. The monoisotopic (exact) mass is 486 g/mol. The molecule has 0 spiro atoms. The van der Waals surface area contributed by atoms with Crippen molar-refractivity contribution in [2.75, 3.05) is 13.1 Å². The molecule has 5 heterocycles. The third-order valence-corrected chi connectivity index (χ3v) is 6.71. The van der Waals surface area contributed by atoms with E-state index in [0.29, 0.717) is 35.1 Å². The normalized spacial score (nSPS) is 21.5. The minimum absolute atomic E-state index is 0.00413. The predicted octanol–water partition coefficient (Wildman–Crippen LogP) is 4.04. The van der Waals surface area contributed by atoms with Gasteiger partial charge in [0.25, 0.3) is 0 Å². The van der Waals surface area contributed by atoms with Crippen LogP contribution in [0, 0.1) is 5.82 Å². The molecule has 0 radical (unpaired) electrons. The number of hydrogen-bond donors (Lipinski definition) is 1. The van der Waals surface area contributed by atoms with Gasteiger partial charge in [-0.1, -0.05) is 6.07 Å². The molecule has 0 amide bonds. The second-order valence-corrected chi connectivity index (χ2v) is 9.27. The van der Waals surface area contributed by atoms with Crippen molar-refractivity contribution in [3.05, 3.63) is 53.5 Å². The molecule has 1 aromatic carbocycles. The van der Waals surface area contributed by atoms with Crippen LogP contribution in [0.2, 0.25) is 0 Å². The lowest BCUT2D eigenvalue weighted by Gasteiger charge is -2.30. The Balaban J connectivity index is 1.49. The van der Waals surface area contributed by atoms with Gasteiger partial charge in [-0.3, -0.25) is 9.30 Å². The summed E-state index contributed by atoms with van der Waals surface area (Å²) in [6, 6.07) is 5.57. The number of alkyl halides is 3. The number of fused-ring (bicyclic) bond motifs is 4. The molecule has 0 saturated carbocycles. The SMILES string of the molecule is CC1Cc2c(ccc3cc(F)c(-c4nnc5ccc([C@@H](N6CC[C@H](N)C6)C(F)(F)F)cn45)nc23)O1. The van der Waals surface area contributed by atoms with E-state index in [2.05, 4.69) is 15.2 Å². The first-order valence-corrected chi connectivity index (χ1v) is 11.4. The van der Waals surface area contributed by atoms with E-state index in [-0.39, 0.29) is 42.3 Å². The van der Waals surface area contributed by atoms with Crippen molar-refractivity contribution in [2.24, 2.45) is 5.73 Å². The number of ether oxygens (including phenoxy) is 1. The highest BCUT2D eigenvalue weighted by molar-refractivity contribution is 5.86. The maximum absolute atomic E-state index is 15.2. The number of nitrogens with two attached hydrogens (primary N) is 1. The molecule has 2 aliphatic heterocycles. The predicted molar refractivity (Wildman–Crippen MR) is 120 cm³/mol. The summed E-state index contributed by atoms with van der Waals surface area (Å²) in [5.74, 6) is 0.0900. The second-order valence-electron chi connectivity index (χ2n) is 9.27. The topological polar surface area (TPSA) is 81.6 Å². The fraction of sp³-hybridized carbons (Fsp3) is 0.375. The molecule has 11 heteroatoms. The van der Waals surface area contributed by atoms with E-state index in [1.54, 1.807) is 12.1 Å². The van der Waals surface area contributed by atoms with E-state index < -0.39 is 18.0 Å². The van der Waals surface area contributed by atoms with Gasteiger partial charge < -0.3 is 10.5 Å². The van der Waals surface area contributed by atoms with Crippen molar-refractivity contribution in [1.82, 2.24) is 24.5 Å². The number of rotatable bonds is 3. The standard InChI is InChI=1S/C24H22F4N6O/c1-12-8-16-18(35-12)4-2-13-9-17(25)21(30-20(13)16)23-32-31-19-5-3-14(10-34(19)23)22(24(26,27)28)33-7-6-15(29)11-33/h2-5,9-10,12,15,22H,6-8,11,29H2,1H3/t12?,15-,22+/m0/s1. The van der Waals surface area contributed by atoms with Gasteiger partial charge in [0, 0.05) is 42.7 Å². The van der Waals surface area contributed by atoms with Crippen molar-refractivity contribution >= 4 is 16.6 Å². The number of pyridine rings is 2. The third kappa shape index (κ3) is 3.69. The maximum Gasteiger partial charge on any atom is 0.408 e. The molecule has 3 atom stereocenters. The molecule has 0 bridgehead atoms. The molecule has 1 fully saturated rings. The van der Waals surface area contributed by atoms with Gasteiger partial charge in [-0.15, -0.1) is 10.2 Å². The summed E-state index contributed by atoms with van der Waals surface area (Å²) < 4.78 is 64.7. The van der Waals surface area contributed by atoms with Crippen LogP contribution in [0.15, 0.2) is 36.5 Å². The van der Waals surface area contributed by atoms with E-state index in [1.165, 1.54) is 33.7 Å². The largest absolute Gasteiger partial charge is 0.490 e. The molecular weight excluding hydrogens is 464 g/mol. The van der Waals surface area contributed by atoms with Gasteiger partial charge >= 0.3 is 6.18 Å². The van der Waals surface area contributed by atoms with Gasteiger partial charge in [-0.05, 0) is 43.2 Å². The van der Waals surface area contributed by atoms with E-state index in [0.717, 1.165) is 5.56 Å². The van der Waals surface area contributed by atoms with E-state index in [1.807, 2.05) is 6.92 Å². The Hall–Kier alpha value is -3.31. The molecule has 4 aromatic rings. The van der Waals surface area contributed by atoms with Gasteiger partial charge in [0.1, 0.15) is 23.6 Å². The lowest BCUT2D eigenvalue weighted by molar-refractivity contribution is -0.183. The lowest BCUT2D eigenvalue weighted by atomic mass is 10.0. The summed E-state index contributed by atoms with van der Waals surface area (Å²) in [6.45, 7) is 2.32. The first kappa shape index (κ1) is 22.2. The van der Waals surface area contributed by atoms with Gasteiger partial charge in [0.15, 0.2) is 17.3 Å². The lowest BCUT2D eigenvalue weighted by Crippen LogP contribution is -2.38. The molecule has 1 saturated heterocycles. The van der Waals surface area contributed by atoms with Crippen LogP contribution >= 0.6 is 0 Å². The average molecular weight is 486 g/mol. The fourth-order valence-corrected chi connectivity index (χ4v) is 5.15. The zero-order chi connectivity index (χ0) is 24.5. The first-order chi connectivity index (χ1) is 16.7.